The number of fused-ring (bicyclic) bond motifs is 1. The summed E-state index contributed by atoms with van der Waals surface area (Å²) < 4.78 is 7.65. The van der Waals surface area contributed by atoms with Gasteiger partial charge in [0.05, 0.1) is 16.0 Å². The van der Waals surface area contributed by atoms with Crippen LogP contribution >= 0.6 is 23.2 Å². The normalized spacial score (nSPS) is 22.3. The third-order valence-electron chi connectivity index (χ3n) is 6.16. The van der Waals surface area contributed by atoms with Gasteiger partial charge in [-0.1, -0.05) is 71.7 Å². The third kappa shape index (κ3) is 3.57. The molecular weight excluding hydrogens is 471 g/mol. The predicted octanol–water partition coefficient (Wildman–Crippen LogP) is 5.93. The molecule has 0 aliphatic carbocycles. The molecule has 0 saturated carbocycles. The minimum atomic E-state index is -2.02. The summed E-state index contributed by atoms with van der Waals surface area (Å²) in [6.07, 6.45) is 1.83. The number of hydrogen-bond donors (Lipinski definition) is 2. The first kappa shape index (κ1) is 22.2. The van der Waals surface area contributed by atoms with Crippen LogP contribution in [0.25, 0.3) is 10.9 Å². The summed E-state index contributed by atoms with van der Waals surface area (Å²) in [6, 6.07) is 26.6. The van der Waals surface area contributed by atoms with Crippen LogP contribution in [0.2, 0.25) is 10.0 Å². The van der Waals surface area contributed by atoms with Crippen LogP contribution in [-0.4, -0.2) is 10.2 Å². The molecule has 1 aliphatic heterocycles. The number of nitrogens with zero attached hydrogens (tertiary/aromatic N) is 2. The minimum Gasteiger partial charge on any atom is -0.480 e. The molecule has 3 aromatic carbocycles. The second kappa shape index (κ2) is 8.66. The number of halogens is 2. The topological polar surface area (TPSA) is 77.4 Å². The number of aromatic nitrogens is 1. The fourth-order valence-corrected chi connectivity index (χ4v) is 4.94. The minimum absolute atomic E-state index is 0.0237. The molecule has 3 unspecified atom stereocenters. The molecule has 2 heterocycles. The molecule has 2 N–H and O–H groups in total. The lowest BCUT2D eigenvalue weighted by atomic mass is 9.77. The van der Waals surface area contributed by atoms with Gasteiger partial charge in [0.25, 0.3) is 5.95 Å². The van der Waals surface area contributed by atoms with E-state index in [0.29, 0.717) is 21.2 Å². The first-order valence-corrected chi connectivity index (χ1v) is 11.3. The lowest BCUT2D eigenvalue weighted by Crippen LogP contribution is -2.57. The highest BCUT2D eigenvalue weighted by Crippen LogP contribution is 2.50. The van der Waals surface area contributed by atoms with Crippen molar-refractivity contribution in [3.05, 3.63) is 124 Å². The van der Waals surface area contributed by atoms with E-state index in [1.165, 1.54) is 0 Å². The Morgan fingerprint density at radius 2 is 1.62 bits per heavy atom. The predicted molar refractivity (Wildman–Crippen MR) is 129 cm³/mol. The third-order valence-corrected chi connectivity index (χ3v) is 6.90. The first-order valence-electron chi connectivity index (χ1n) is 10.6. The summed E-state index contributed by atoms with van der Waals surface area (Å²) >= 11 is 12.5. The molecule has 1 aromatic heterocycles. The van der Waals surface area contributed by atoms with Gasteiger partial charge in [-0.3, -0.25) is 0 Å². The van der Waals surface area contributed by atoms with Crippen molar-refractivity contribution < 1.29 is 19.5 Å². The monoisotopic (exact) mass is 489 g/mol. The summed E-state index contributed by atoms with van der Waals surface area (Å²) in [6.45, 7) is 0. The second-order valence-electron chi connectivity index (χ2n) is 8.07. The number of rotatable bonds is 3. The molecule has 34 heavy (non-hydrogen) atoms. The highest BCUT2D eigenvalue weighted by molar-refractivity contribution is 6.42. The number of aliphatic hydroxyl groups excluding tert-OH is 1. The lowest BCUT2D eigenvalue weighted by molar-refractivity contribution is -0.731. The number of para-hydroxylation sites is 1. The molecule has 0 fully saturated rings. The van der Waals surface area contributed by atoms with E-state index in [0.717, 1.165) is 10.9 Å². The van der Waals surface area contributed by atoms with Gasteiger partial charge >= 0.3 is 5.79 Å². The van der Waals surface area contributed by atoms with Crippen molar-refractivity contribution in [2.75, 3.05) is 0 Å². The first-order chi connectivity index (χ1) is 16.4. The van der Waals surface area contributed by atoms with E-state index in [2.05, 4.69) is 6.07 Å². The Labute approximate surface area is 206 Å². The van der Waals surface area contributed by atoms with Crippen LogP contribution in [0.1, 0.15) is 23.1 Å². The molecule has 0 radical (unpaired) electrons. The van der Waals surface area contributed by atoms with E-state index in [1.807, 2.05) is 53.2 Å². The maximum atomic E-state index is 12.1. The van der Waals surface area contributed by atoms with Crippen molar-refractivity contribution in [3.8, 4) is 6.07 Å². The molecule has 5 nitrogen and oxygen atoms in total. The van der Waals surface area contributed by atoms with Crippen molar-refractivity contribution in [3.63, 3.8) is 0 Å². The van der Waals surface area contributed by atoms with Gasteiger partial charge in [-0.15, -0.1) is 0 Å². The highest BCUT2D eigenvalue weighted by atomic mass is 35.5. The largest absolute Gasteiger partial charge is 0.480 e. The molecule has 7 heteroatoms. The van der Waals surface area contributed by atoms with Crippen LogP contribution in [-0.2, 0) is 10.5 Å². The Morgan fingerprint density at radius 3 is 2.35 bits per heavy atom. The molecule has 0 spiro atoms. The summed E-state index contributed by atoms with van der Waals surface area (Å²) in [5, 5.41) is 34.6. The Kier molecular flexibility index (Phi) is 5.66. The van der Waals surface area contributed by atoms with Crippen molar-refractivity contribution >= 4 is 34.1 Å². The Morgan fingerprint density at radius 1 is 0.912 bits per heavy atom. The van der Waals surface area contributed by atoms with E-state index in [9.17, 15) is 15.5 Å². The Hall–Kier alpha value is -3.56. The maximum absolute atomic E-state index is 12.1. The second-order valence-corrected chi connectivity index (χ2v) is 8.88. The maximum Gasteiger partial charge on any atom is 0.301 e. The summed E-state index contributed by atoms with van der Waals surface area (Å²) in [5.74, 6) is -3.46. The van der Waals surface area contributed by atoms with Gasteiger partial charge in [0.2, 0.25) is 11.6 Å². The average Bonchev–Trinajstić information content (AvgIpc) is 2.86. The number of hydrogen-bond acceptors (Lipinski definition) is 4. The van der Waals surface area contributed by atoms with Crippen molar-refractivity contribution in [2.45, 2.75) is 17.7 Å². The van der Waals surface area contributed by atoms with Crippen LogP contribution in [0, 0.1) is 11.3 Å². The van der Waals surface area contributed by atoms with Gasteiger partial charge in [0, 0.05) is 23.1 Å². The Balaban J connectivity index is 1.87. The molecule has 0 saturated heterocycles. The smallest absolute Gasteiger partial charge is 0.301 e. The zero-order chi connectivity index (χ0) is 23.9. The van der Waals surface area contributed by atoms with Gasteiger partial charge < -0.3 is 14.9 Å². The summed E-state index contributed by atoms with van der Waals surface area (Å²) in [5.41, 5.74) is 1.82. The molecule has 4 aromatic rings. The fraction of sp³-hybridized carbons (Fsp3) is 0.111. The van der Waals surface area contributed by atoms with Gasteiger partial charge in [-0.25, -0.2) is 0 Å². The van der Waals surface area contributed by atoms with Crippen molar-refractivity contribution in [1.82, 2.24) is 0 Å². The van der Waals surface area contributed by atoms with Crippen molar-refractivity contribution in [1.29, 1.82) is 5.26 Å². The summed E-state index contributed by atoms with van der Waals surface area (Å²) in [7, 11) is 0. The number of ether oxygens (including phenoxy) is 1. The van der Waals surface area contributed by atoms with Crippen LogP contribution in [0.3, 0.4) is 0 Å². The number of allylic oxidation sites excluding steroid dienone is 1. The van der Waals surface area contributed by atoms with E-state index in [1.54, 1.807) is 42.5 Å². The zero-order valence-electron chi connectivity index (χ0n) is 17.8. The van der Waals surface area contributed by atoms with Gasteiger partial charge in [-0.05, 0) is 29.8 Å². The molecule has 1 aliphatic rings. The molecule has 0 bridgehead atoms. The number of nitriles is 1. The quantitative estimate of drug-likeness (QED) is 0.349. The SMILES string of the molecule is N#CC1=C(O)OC(O)(c2ccccc2)C([n+]2cccc3ccccc32)C1c1ccc(Cl)c(Cl)c1. The van der Waals surface area contributed by atoms with E-state index < -0.39 is 23.7 Å². The van der Waals surface area contributed by atoms with Crippen LogP contribution in [0.15, 0.2) is 103 Å². The number of pyridine rings is 1. The molecule has 5 rings (SSSR count). The zero-order valence-corrected chi connectivity index (χ0v) is 19.3. The number of aliphatic hydroxyl groups is 2. The molecular formula is C27H19Cl2N2O3+. The highest BCUT2D eigenvalue weighted by Gasteiger charge is 2.58. The van der Waals surface area contributed by atoms with Crippen LogP contribution in [0.5, 0.6) is 0 Å². The van der Waals surface area contributed by atoms with Crippen molar-refractivity contribution in [2.24, 2.45) is 0 Å². The average molecular weight is 490 g/mol. The van der Waals surface area contributed by atoms with Gasteiger partial charge in [0.1, 0.15) is 11.6 Å². The van der Waals surface area contributed by atoms with Gasteiger partial charge in [-0.2, -0.15) is 9.83 Å². The van der Waals surface area contributed by atoms with Crippen LogP contribution in [0.4, 0.5) is 0 Å². The molecule has 168 valence electrons. The van der Waals surface area contributed by atoms with E-state index >= 15 is 0 Å². The fourth-order valence-electron chi connectivity index (χ4n) is 4.63. The summed E-state index contributed by atoms with van der Waals surface area (Å²) in [4.78, 5) is 0. The van der Waals surface area contributed by atoms with Crippen LogP contribution < -0.4 is 4.57 Å². The van der Waals surface area contributed by atoms with E-state index in [4.69, 9.17) is 27.9 Å². The Bertz CT molecular complexity index is 1460. The molecule has 3 atom stereocenters. The molecule has 0 amide bonds. The lowest BCUT2D eigenvalue weighted by Gasteiger charge is -2.40. The standard InChI is InChI=1S/C27H18Cl2N2O3/c28-21-13-12-18(15-22(21)29)24-20(16-30)26(32)34-27(33,19-9-2-1-3-10-19)25(24)31-14-6-8-17-7-4-5-11-23(17)31/h1-15,24-25,33H/p+1. The van der Waals surface area contributed by atoms with Gasteiger partial charge in [0.15, 0.2) is 6.20 Å². The van der Waals surface area contributed by atoms with E-state index in [-0.39, 0.29) is 5.57 Å². The number of benzene rings is 3.